The Bertz CT molecular complexity index is 317. The summed E-state index contributed by atoms with van der Waals surface area (Å²) in [6.07, 6.45) is 3.58. The quantitative estimate of drug-likeness (QED) is 0.561. The topological polar surface area (TPSA) is 55.4 Å². The van der Waals surface area contributed by atoms with Crippen molar-refractivity contribution in [1.82, 2.24) is 5.32 Å². The fraction of sp³-hybridized carbons (Fsp3) is 1.00. The molecule has 5 heteroatoms. The van der Waals surface area contributed by atoms with E-state index in [4.69, 9.17) is 4.74 Å². The minimum Gasteiger partial charge on any atom is -0.383 e. The van der Waals surface area contributed by atoms with Crippen molar-refractivity contribution >= 4 is 9.84 Å². The number of sulfone groups is 1. The Kier molecular flexibility index (Phi) is 9.66. The number of hydrogen-bond acceptors (Lipinski definition) is 4. The maximum atomic E-state index is 11.8. The van der Waals surface area contributed by atoms with Crippen LogP contribution in [0, 0.1) is 5.41 Å². The minimum atomic E-state index is -2.87. The molecule has 0 aromatic heterocycles. The summed E-state index contributed by atoms with van der Waals surface area (Å²) in [5.41, 5.74) is 0.0588. The van der Waals surface area contributed by atoms with Gasteiger partial charge < -0.3 is 10.1 Å². The molecule has 4 nitrogen and oxygen atoms in total. The van der Waals surface area contributed by atoms with Gasteiger partial charge in [-0.1, -0.05) is 27.2 Å². The molecule has 0 radical (unpaired) electrons. The van der Waals surface area contributed by atoms with Gasteiger partial charge in [-0.15, -0.1) is 0 Å². The molecule has 0 fully saturated rings. The maximum absolute atomic E-state index is 11.8. The van der Waals surface area contributed by atoms with E-state index in [2.05, 4.69) is 19.2 Å². The first-order valence-electron chi connectivity index (χ1n) is 7.29. The van der Waals surface area contributed by atoms with Crippen molar-refractivity contribution in [3.63, 3.8) is 0 Å². The van der Waals surface area contributed by atoms with E-state index in [1.54, 1.807) is 7.11 Å². The Morgan fingerprint density at radius 3 is 2.32 bits per heavy atom. The monoisotopic (exact) mass is 293 g/mol. The predicted molar refractivity (Wildman–Crippen MR) is 81.3 cm³/mol. The molecule has 0 spiro atoms. The fourth-order valence-corrected chi connectivity index (χ4v) is 3.91. The molecule has 1 N–H and O–H groups in total. The minimum absolute atomic E-state index is 0.0588. The van der Waals surface area contributed by atoms with E-state index in [0.717, 1.165) is 32.4 Å². The molecule has 0 amide bonds. The van der Waals surface area contributed by atoms with Crippen molar-refractivity contribution in [2.75, 3.05) is 38.3 Å². The lowest BCUT2D eigenvalue weighted by molar-refractivity contribution is 0.189. The summed E-state index contributed by atoms with van der Waals surface area (Å²) in [7, 11) is -1.19. The maximum Gasteiger partial charge on any atom is 0.150 e. The molecule has 19 heavy (non-hydrogen) atoms. The van der Waals surface area contributed by atoms with Gasteiger partial charge in [0.2, 0.25) is 0 Å². The number of rotatable bonds is 12. The van der Waals surface area contributed by atoms with E-state index in [1.807, 2.05) is 6.92 Å². The van der Waals surface area contributed by atoms with Crippen molar-refractivity contribution in [1.29, 1.82) is 0 Å². The van der Waals surface area contributed by atoms with Crippen LogP contribution in [0.3, 0.4) is 0 Å². The average molecular weight is 293 g/mol. The molecule has 0 aromatic carbocycles. The SMILES string of the molecule is CCCC(C)(CCS(=O)(=O)CCC)CNCCOC. The molecule has 0 saturated heterocycles. The third kappa shape index (κ3) is 9.41. The van der Waals surface area contributed by atoms with E-state index in [0.29, 0.717) is 24.5 Å². The van der Waals surface area contributed by atoms with Gasteiger partial charge in [0, 0.05) is 26.0 Å². The third-order valence-corrected chi connectivity index (χ3v) is 5.28. The number of nitrogens with one attached hydrogen (secondary N) is 1. The van der Waals surface area contributed by atoms with Crippen molar-refractivity contribution in [3.05, 3.63) is 0 Å². The summed E-state index contributed by atoms with van der Waals surface area (Å²) in [5, 5.41) is 3.36. The average Bonchev–Trinajstić information content (AvgIpc) is 2.33. The van der Waals surface area contributed by atoms with Crippen LogP contribution in [0.5, 0.6) is 0 Å². The van der Waals surface area contributed by atoms with Crippen LogP contribution in [-0.2, 0) is 14.6 Å². The second kappa shape index (κ2) is 9.72. The van der Waals surface area contributed by atoms with E-state index < -0.39 is 9.84 Å². The Balaban J connectivity index is 4.28. The molecule has 0 rings (SSSR count). The van der Waals surface area contributed by atoms with Gasteiger partial charge >= 0.3 is 0 Å². The largest absolute Gasteiger partial charge is 0.383 e. The van der Waals surface area contributed by atoms with Crippen molar-refractivity contribution < 1.29 is 13.2 Å². The first-order valence-corrected chi connectivity index (χ1v) is 9.11. The highest BCUT2D eigenvalue weighted by molar-refractivity contribution is 7.91. The van der Waals surface area contributed by atoms with E-state index >= 15 is 0 Å². The molecular formula is C14H31NO3S. The first kappa shape index (κ1) is 18.9. The smallest absolute Gasteiger partial charge is 0.150 e. The lowest BCUT2D eigenvalue weighted by Crippen LogP contribution is -2.35. The summed E-state index contributed by atoms with van der Waals surface area (Å²) in [5.74, 6) is 0.621. The Morgan fingerprint density at radius 2 is 1.79 bits per heavy atom. The molecule has 1 atom stereocenters. The van der Waals surface area contributed by atoms with Crippen LogP contribution in [0.4, 0.5) is 0 Å². The highest BCUT2D eigenvalue weighted by Gasteiger charge is 2.25. The molecule has 0 aliphatic carbocycles. The van der Waals surface area contributed by atoms with Crippen LogP contribution in [0.25, 0.3) is 0 Å². The highest BCUT2D eigenvalue weighted by Crippen LogP contribution is 2.27. The molecule has 116 valence electrons. The summed E-state index contributed by atoms with van der Waals surface area (Å²) in [6.45, 7) is 8.60. The third-order valence-electron chi connectivity index (χ3n) is 3.42. The lowest BCUT2D eigenvalue weighted by Gasteiger charge is -2.29. The van der Waals surface area contributed by atoms with E-state index in [-0.39, 0.29) is 5.41 Å². The fourth-order valence-electron chi connectivity index (χ4n) is 2.28. The molecule has 0 bridgehead atoms. The van der Waals surface area contributed by atoms with Gasteiger partial charge in [0.1, 0.15) is 9.84 Å². The van der Waals surface area contributed by atoms with Crippen molar-refractivity contribution in [2.24, 2.45) is 5.41 Å². The van der Waals surface area contributed by atoms with Gasteiger partial charge in [0.15, 0.2) is 0 Å². The molecule has 0 aliphatic rings. The molecule has 1 unspecified atom stereocenters. The molecule has 0 aromatic rings. The van der Waals surface area contributed by atoms with Gasteiger partial charge in [-0.05, 0) is 24.7 Å². The molecule has 0 heterocycles. The standard InChI is InChI=1S/C14H31NO3S/c1-5-7-14(3,13-15-9-10-18-4)8-12-19(16,17)11-6-2/h15H,5-13H2,1-4H3. The van der Waals surface area contributed by atoms with Crippen LogP contribution < -0.4 is 5.32 Å². The Morgan fingerprint density at radius 1 is 1.11 bits per heavy atom. The zero-order valence-corrected chi connectivity index (χ0v) is 13.8. The number of hydrogen-bond donors (Lipinski definition) is 1. The first-order chi connectivity index (χ1) is 8.89. The van der Waals surface area contributed by atoms with Gasteiger partial charge in [-0.25, -0.2) is 8.42 Å². The van der Waals surface area contributed by atoms with Gasteiger partial charge in [-0.2, -0.15) is 0 Å². The molecule has 0 aliphatic heterocycles. The van der Waals surface area contributed by atoms with Crippen LogP contribution in [0.15, 0.2) is 0 Å². The molecular weight excluding hydrogens is 262 g/mol. The highest BCUT2D eigenvalue weighted by atomic mass is 32.2. The van der Waals surface area contributed by atoms with Crippen molar-refractivity contribution in [2.45, 2.75) is 46.5 Å². The lowest BCUT2D eigenvalue weighted by atomic mass is 9.83. The summed E-state index contributed by atoms with van der Waals surface area (Å²) in [6, 6.07) is 0. The zero-order valence-electron chi connectivity index (χ0n) is 13.0. The molecule has 0 saturated carbocycles. The number of ether oxygens (including phenoxy) is 1. The van der Waals surface area contributed by atoms with Crippen LogP contribution in [-0.4, -0.2) is 46.7 Å². The normalized spacial score (nSPS) is 15.4. The van der Waals surface area contributed by atoms with Crippen molar-refractivity contribution in [3.8, 4) is 0 Å². The van der Waals surface area contributed by atoms with E-state index in [9.17, 15) is 8.42 Å². The van der Waals surface area contributed by atoms with Crippen LogP contribution >= 0.6 is 0 Å². The van der Waals surface area contributed by atoms with Gasteiger partial charge in [0.05, 0.1) is 12.4 Å². The van der Waals surface area contributed by atoms with Gasteiger partial charge in [-0.3, -0.25) is 0 Å². The second-order valence-electron chi connectivity index (χ2n) is 5.63. The van der Waals surface area contributed by atoms with Gasteiger partial charge in [0.25, 0.3) is 0 Å². The summed E-state index contributed by atoms with van der Waals surface area (Å²) < 4.78 is 28.6. The second-order valence-corrected chi connectivity index (χ2v) is 7.94. The summed E-state index contributed by atoms with van der Waals surface area (Å²) >= 11 is 0. The number of methoxy groups -OCH3 is 1. The zero-order chi connectivity index (χ0) is 14.8. The Hall–Kier alpha value is -0.130. The summed E-state index contributed by atoms with van der Waals surface area (Å²) in [4.78, 5) is 0. The van der Waals surface area contributed by atoms with Crippen LogP contribution in [0.1, 0.15) is 46.5 Å². The predicted octanol–water partition coefficient (Wildman–Crippen LogP) is 2.24. The van der Waals surface area contributed by atoms with Crippen LogP contribution in [0.2, 0.25) is 0 Å². The van der Waals surface area contributed by atoms with E-state index in [1.165, 1.54) is 0 Å². The Labute approximate surface area is 119 Å².